The van der Waals surface area contributed by atoms with Gasteiger partial charge in [-0.1, -0.05) is 24.3 Å². The molecule has 2 aliphatic heterocycles. The van der Waals surface area contributed by atoms with Crippen LogP contribution in [0.4, 0.5) is 5.69 Å². The topological polar surface area (TPSA) is 53.5 Å². The van der Waals surface area contributed by atoms with Gasteiger partial charge in [0.2, 0.25) is 10.0 Å². The Bertz CT molecular complexity index is 918. The summed E-state index contributed by atoms with van der Waals surface area (Å²) in [5.41, 5.74) is 4.15. The van der Waals surface area contributed by atoms with Crippen LogP contribution in [0.25, 0.3) is 0 Å². The number of fused-ring (bicyclic) bond motifs is 2. The SMILES string of the molecule is Cc1cccc(CN2CCC3(CC2)CN(S(C)(=O)=O)c2ccccc23)n1. The Kier molecular flexibility index (Phi) is 4.28. The van der Waals surface area contributed by atoms with Crippen molar-refractivity contribution in [3.8, 4) is 0 Å². The molecule has 0 bridgehead atoms. The average molecular weight is 372 g/mol. The number of para-hydroxylation sites is 1. The van der Waals surface area contributed by atoms with Crippen molar-refractivity contribution in [2.75, 3.05) is 30.2 Å². The lowest BCUT2D eigenvalue weighted by molar-refractivity contribution is 0.159. The van der Waals surface area contributed by atoms with E-state index >= 15 is 0 Å². The standard InChI is InChI=1S/C20H25N3O2S/c1-16-6-5-7-17(21-16)14-22-12-10-20(11-13-22)15-23(26(2,24)25)19-9-4-3-8-18(19)20/h3-9H,10-15H2,1-2H3. The second-order valence-corrected chi connectivity index (χ2v) is 9.52. The highest BCUT2D eigenvalue weighted by Crippen LogP contribution is 2.47. The quantitative estimate of drug-likeness (QED) is 0.832. The second-order valence-electron chi connectivity index (χ2n) is 7.61. The fraction of sp³-hybridized carbons (Fsp3) is 0.450. The molecule has 138 valence electrons. The predicted molar refractivity (Wildman–Crippen MR) is 104 cm³/mol. The first-order chi connectivity index (χ1) is 12.4. The smallest absolute Gasteiger partial charge is 0.232 e. The molecule has 1 fully saturated rings. The van der Waals surface area contributed by atoms with Gasteiger partial charge < -0.3 is 0 Å². The molecule has 1 aromatic carbocycles. The van der Waals surface area contributed by atoms with Crippen molar-refractivity contribution in [2.45, 2.75) is 31.7 Å². The molecule has 0 saturated carbocycles. The number of benzene rings is 1. The van der Waals surface area contributed by atoms with Crippen molar-refractivity contribution in [3.63, 3.8) is 0 Å². The molecular formula is C20H25N3O2S. The van der Waals surface area contributed by atoms with Gasteiger partial charge >= 0.3 is 0 Å². The molecule has 1 spiro atoms. The van der Waals surface area contributed by atoms with Gasteiger partial charge in [-0.2, -0.15) is 0 Å². The fourth-order valence-corrected chi connectivity index (χ4v) is 5.36. The molecular weight excluding hydrogens is 346 g/mol. The summed E-state index contributed by atoms with van der Waals surface area (Å²) >= 11 is 0. The summed E-state index contributed by atoms with van der Waals surface area (Å²) in [4.78, 5) is 7.04. The Hall–Kier alpha value is -1.92. The summed E-state index contributed by atoms with van der Waals surface area (Å²) in [7, 11) is -3.25. The third kappa shape index (κ3) is 3.12. The zero-order valence-electron chi connectivity index (χ0n) is 15.4. The van der Waals surface area contributed by atoms with Gasteiger partial charge in [0.15, 0.2) is 0 Å². The number of anilines is 1. The highest BCUT2D eigenvalue weighted by atomic mass is 32.2. The number of nitrogens with zero attached hydrogens (tertiary/aromatic N) is 3. The van der Waals surface area contributed by atoms with Gasteiger partial charge in [0.05, 0.1) is 17.6 Å². The summed E-state index contributed by atoms with van der Waals surface area (Å²) < 4.78 is 26.1. The van der Waals surface area contributed by atoms with Crippen LogP contribution in [0.2, 0.25) is 0 Å². The van der Waals surface area contributed by atoms with E-state index in [4.69, 9.17) is 0 Å². The minimum atomic E-state index is -3.25. The molecule has 2 aliphatic rings. The summed E-state index contributed by atoms with van der Waals surface area (Å²) in [6, 6.07) is 14.1. The third-order valence-corrected chi connectivity index (χ3v) is 6.86. The Morgan fingerprint density at radius 3 is 2.50 bits per heavy atom. The average Bonchev–Trinajstić information content (AvgIpc) is 2.92. The van der Waals surface area contributed by atoms with Crippen molar-refractivity contribution < 1.29 is 8.42 Å². The number of aromatic nitrogens is 1. The number of aryl methyl sites for hydroxylation is 1. The van der Waals surface area contributed by atoms with Crippen LogP contribution in [-0.2, 0) is 22.0 Å². The Morgan fingerprint density at radius 1 is 1.08 bits per heavy atom. The van der Waals surface area contributed by atoms with Crippen LogP contribution < -0.4 is 4.31 Å². The molecule has 0 unspecified atom stereocenters. The number of rotatable bonds is 3. The van der Waals surface area contributed by atoms with Crippen LogP contribution in [0.3, 0.4) is 0 Å². The number of piperidine rings is 1. The molecule has 1 aromatic heterocycles. The highest BCUT2D eigenvalue weighted by molar-refractivity contribution is 7.92. The van der Waals surface area contributed by atoms with Crippen LogP contribution in [0, 0.1) is 6.92 Å². The number of sulfonamides is 1. The number of hydrogen-bond acceptors (Lipinski definition) is 4. The van der Waals surface area contributed by atoms with Crippen LogP contribution in [0.5, 0.6) is 0 Å². The van der Waals surface area contributed by atoms with E-state index in [1.54, 1.807) is 4.31 Å². The van der Waals surface area contributed by atoms with Crippen molar-refractivity contribution in [2.24, 2.45) is 0 Å². The van der Waals surface area contributed by atoms with E-state index in [0.717, 1.165) is 49.6 Å². The lowest BCUT2D eigenvalue weighted by atomic mass is 9.74. The van der Waals surface area contributed by atoms with Crippen molar-refractivity contribution in [1.29, 1.82) is 0 Å². The molecule has 3 heterocycles. The van der Waals surface area contributed by atoms with E-state index < -0.39 is 10.0 Å². The van der Waals surface area contributed by atoms with Gasteiger partial charge in [-0.05, 0) is 56.6 Å². The highest BCUT2D eigenvalue weighted by Gasteiger charge is 2.46. The zero-order valence-corrected chi connectivity index (χ0v) is 16.2. The maximum absolute atomic E-state index is 12.3. The van der Waals surface area contributed by atoms with E-state index in [0.29, 0.717) is 6.54 Å². The number of likely N-dealkylation sites (tertiary alicyclic amines) is 1. The number of hydrogen-bond donors (Lipinski definition) is 0. The third-order valence-electron chi connectivity index (χ3n) is 5.74. The normalized spacial score (nSPS) is 19.7. The largest absolute Gasteiger partial charge is 0.297 e. The summed E-state index contributed by atoms with van der Waals surface area (Å²) in [6.07, 6.45) is 3.25. The first kappa shape index (κ1) is 17.5. The summed E-state index contributed by atoms with van der Waals surface area (Å²) in [5, 5.41) is 0. The Labute approximate surface area is 155 Å². The van der Waals surface area contributed by atoms with Crippen molar-refractivity contribution in [1.82, 2.24) is 9.88 Å². The molecule has 6 heteroatoms. The van der Waals surface area contributed by atoms with E-state index in [2.05, 4.69) is 28.1 Å². The number of pyridine rings is 1. The van der Waals surface area contributed by atoms with Crippen LogP contribution in [0.1, 0.15) is 29.8 Å². The second kappa shape index (κ2) is 6.35. The minimum Gasteiger partial charge on any atom is -0.297 e. The molecule has 0 radical (unpaired) electrons. The zero-order chi connectivity index (χ0) is 18.4. The maximum atomic E-state index is 12.3. The Balaban J connectivity index is 1.53. The van der Waals surface area contributed by atoms with Gasteiger partial charge in [0, 0.05) is 24.2 Å². The van der Waals surface area contributed by atoms with E-state index in [-0.39, 0.29) is 5.41 Å². The molecule has 1 saturated heterocycles. The molecule has 26 heavy (non-hydrogen) atoms. The summed E-state index contributed by atoms with van der Waals surface area (Å²) in [5.74, 6) is 0. The van der Waals surface area contributed by atoms with Gasteiger partial charge in [-0.3, -0.25) is 14.2 Å². The molecule has 4 rings (SSSR count). The lowest BCUT2D eigenvalue weighted by Crippen LogP contribution is -2.45. The molecule has 0 amide bonds. The van der Waals surface area contributed by atoms with E-state index in [1.165, 1.54) is 11.8 Å². The van der Waals surface area contributed by atoms with Crippen molar-refractivity contribution >= 4 is 15.7 Å². The fourth-order valence-electron chi connectivity index (χ4n) is 4.36. The summed E-state index contributed by atoms with van der Waals surface area (Å²) in [6.45, 7) is 5.37. The lowest BCUT2D eigenvalue weighted by Gasteiger charge is -2.39. The van der Waals surface area contributed by atoms with Crippen LogP contribution in [0.15, 0.2) is 42.5 Å². The molecule has 0 aliphatic carbocycles. The monoisotopic (exact) mass is 371 g/mol. The molecule has 5 nitrogen and oxygen atoms in total. The Morgan fingerprint density at radius 2 is 1.81 bits per heavy atom. The van der Waals surface area contributed by atoms with Crippen molar-refractivity contribution in [3.05, 3.63) is 59.4 Å². The predicted octanol–water partition coefficient (Wildman–Crippen LogP) is 2.70. The van der Waals surface area contributed by atoms with E-state index in [1.807, 2.05) is 31.2 Å². The molecule has 0 N–H and O–H groups in total. The first-order valence-corrected chi connectivity index (χ1v) is 10.9. The van der Waals surface area contributed by atoms with Gasteiger partial charge in [0.1, 0.15) is 0 Å². The maximum Gasteiger partial charge on any atom is 0.232 e. The van der Waals surface area contributed by atoms with E-state index in [9.17, 15) is 8.42 Å². The molecule has 0 atom stereocenters. The minimum absolute atomic E-state index is 0.0593. The van der Waals surface area contributed by atoms with Gasteiger partial charge in [-0.15, -0.1) is 0 Å². The first-order valence-electron chi connectivity index (χ1n) is 9.10. The van der Waals surface area contributed by atoms with Gasteiger partial charge in [0.25, 0.3) is 0 Å². The van der Waals surface area contributed by atoms with Crippen LogP contribution in [-0.4, -0.2) is 44.2 Å². The van der Waals surface area contributed by atoms with Gasteiger partial charge in [-0.25, -0.2) is 8.42 Å². The molecule has 2 aromatic rings. The van der Waals surface area contributed by atoms with Crippen LogP contribution >= 0.6 is 0 Å².